The third-order valence-corrected chi connectivity index (χ3v) is 5.44. The molecule has 0 bridgehead atoms. The molecule has 0 radical (unpaired) electrons. The minimum absolute atomic E-state index is 0. The molecule has 7 heteroatoms. The quantitative estimate of drug-likeness (QED) is 0.807. The van der Waals surface area contributed by atoms with Crippen molar-refractivity contribution in [3.8, 4) is 5.75 Å². The van der Waals surface area contributed by atoms with Crippen LogP contribution in [0.5, 0.6) is 5.75 Å². The number of carbonyl (C=O) groups excluding carboxylic acids is 2. The third kappa shape index (κ3) is 4.09. The zero-order chi connectivity index (χ0) is 19.7. The number of nitrogens with one attached hydrogen (secondary N) is 2. The van der Waals surface area contributed by atoms with E-state index in [1.165, 1.54) is 5.56 Å². The predicted octanol–water partition coefficient (Wildman–Crippen LogP) is 3.18. The molecule has 2 aromatic rings. The molecule has 2 N–H and O–H groups in total. The van der Waals surface area contributed by atoms with Crippen LogP contribution in [0.4, 0.5) is 5.69 Å². The van der Waals surface area contributed by atoms with Crippen LogP contribution < -0.4 is 15.4 Å². The maximum absolute atomic E-state index is 13.5. The first-order valence-electron chi connectivity index (χ1n) is 9.79. The van der Waals surface area contributed by atoms with Gasteiger partial charge in [-0.2, -0.15) is 0 Å². The Hall–Kier alpha value is -2.57. The van der Waals surface area contributed by atoms with Crippen molar-refractivity contribution >= 4 is 29.9 Å². The number of piperazine rings is 1. The lowest BCUT2D eigenvalue weighted by Gasteiger charge is -2.37. The summed E-state index contributed by atoms with van der Waals surface area (Å²) in [5, 5.41) is 6.21. The molecule has 2 amide bonds. The van der Waals surface area contributed by atoms with Crippen molar-refractivity contribution in [2.75, 3.05) is 25.0 Å². The normalized spacial score (nSPS) is 20.8. The Morgan fingerprint density at radius 2 is 1.97 bits per heavy atom. The lowest BCUT2D eigenvalue weighted by Crippen LogP contribution is -2.49. The number of halogens is 1. The van der Waals surface area contributed by atoms with Crippen LogP contribution in [0.15, 0.2) is 42.5 Å². The van der Waals surface area contributed by atoms with Gasteiger partial charge in [0.1, 0.15) is 0 Å². The molecule has 2 aromatic carbocycles. The van der Waals surface area contributed by atoms with Gasteiger partial charge in [0.15, 0.2) is 11.9 Å². The molecule has 4 rings (SSSR count). The summed E-state index contributed by atoms with van der Waals surface area (Å²) in [6.45, 7) is 5.89. The fraction of sp³-hybridized carbons (Fsp3) is 0.364. The summed E-state index contributed by atoms with van der Waals surface area (Å²) in [4.78, 5) is 27.3. The first kappa shape index (κ1) is 21.1. The number of carbonyl (C=O) groups is 2. The topological polar surface area (TPSA) is 70.7 Å². The smallest absolute Gasteiger partial charge is 0.265 e. The summed E-state index contributed by atoms with van der Waals surface area (Å²) >= 11 is 0. The van der Waals surface area contributed by atoms with Crippen molar-refractivity contribution in [2.45, 2.75) is 32.4 Å². The van der Waals surface area contributed by atoms with E-state index in [-0.39, 0.29) is 30.3 Å². The molecule has 154 valence electrons. The third-order valence-electron chi connectivity index (χ3n) is 5.44. The molecule has 29 heavy (non-hydrogen) atoms. The molecule has 2 aliphatic heterocycles. The van der Waals surface area contributed by atoms with Crippen LogP contribution in [0.1, 0.15) is 41.4 Å². The summed E-state index contributed by atoms with van der Waals surface area (Å²) in [6.07, 6.45) is 0.366. The van der Waals surface area contributed by atoms with E-state index in [9.17, 15) is 9.59 Å². The van der Waals surface area contributed by atoms with E-state index in [1.54, 1.807) is 25.1 Å². The highest BCUT2D eigenvalue weighted by atomic mass is 35.5. The highest BCUT2D eigenvalue weighted by Crippen LogP contribution is 2.35. The number of benzene rings is 2. The van der Waals surface area contributed by atoms with E-state index in [0.29, 0.717) is 30.1 Å². The largest absolute Gasteiger partial charge is 0.478 e. The molecule has 2 aliphatic rings. The molecule has 0 aliphatic carbocycles. The standard InChI is InChI=1S/C22H25N3O3.ClH/c1-3-15-7-9-16(10-8-15)19-13-23-11-12-25(19)22(27)17-5-4-6-18-20(17)28-14(2)21(26)24-18;/h4-10,14,19,23H,3,11-13H2,1-2H3,(H,24,26);1H. The molecule has 0 saturated carbocycles. The van der Waals surface area contributed by atoms with Gasteiger partial charge in [-0.05, 0) is 36.6 Å². The predicted molar refractivity (Wildman–Crippen MR) is 115 cm³/mol. The zero-order valence-electron chi connectivity index (χ0n) is 16.6. The maximum Gasteiger partial charge on any atom is 0.265 e. The zero-order valence-corrected chi connectivity index (χ0v) is 17.4. The first-order chi connectivity index (χ1) is 13.6. The Bertz CT molecular complexity index is 901. The van der Waals surface area contributed by atoms with Gasteiger partial charge in [-0.1, -0.05) is 37.3 Å². The number of fused-ring (bicyclic) bond motifs is 1. The van der Waals surface area contributed by atoms with Gasteiger partial charge in [-0.15, -0.1) is 12.4 Å². The van der Waals surface area contributed by atoms with E-state index in [2.05, 4.69) is 41.8 Å². The summed E-state index contributed by atoms with van der Waals surface area (Å²) in [5.41, 5.74) is 3.43. The van der Waals surface area contributed by atoms with Gasteiger partial charge in [-0.3, -0.25) is 9.59 Å². The number of hydrogen-bond donors (Lipinski definition) is 2. The number of aryl methyl sites for hydroxylation is 1. The number of hydrogen-bond acceptors (Lipinski definition) is 4. The number of nitrogens with zero attached hydrogens (tertiary/aromatic N) is 1. The van der Waals surface area contributed by atoms with Crippen molar-refractivity contribution in [3.63, 3.8) is 0 Å². The Kier molecular flexibility index (Phi) is 6.45. The van der Waals surface area contributed by atoms with E-state index in [0.717, 1.165) is 18.5 Å². The molecule has 1 fully saturated rings. The monoisotopic (exact) mass is 415 g/mol. The van der Waals surface area contributed by atoms with Crippen molar-refractivity contribution < 1.29 is 14.3 Å². The molecule has 2 heterocycles. The van der Waals surface area contributed by atoms with Crippen molar-refractivity contribution in [3.05, 3.63) is 59.2 Å². The Balaban J connectivity index is 0.00000240. The van der Waals surface area contributed by atoms with Crippen LogP contribution in [-0.4, -0.2) is 42.5 Å². The molecular weight excluding hydrogens is 390 g/mol. The molecule has 2 atom stereocenters. The van der Waals surface area contributed by atoms with Crippen LogP contribution in [0.2, 0.25) is 0 Å². The summed E-state index contributed by atoms with van der Waals surface area (Å²) in [5.74, 6) is 0.178. The second-order valence-electron chi connectivity index (χ2n) is 7.25. The van der Waals surface area contributed by atoms with Crippen molar-refractivity contribution in [2.24, 2.45) is 0 Å². The van der Waals surface area contributed by atoms with E-state index >= 15 is 0 Å². The number of ether oxygens (including phenoxy) is 1. The number of rotatable bonds is 3. The summed E-state index contributed by atoms with van der Waals surface area (Å²) < 4.78 is 5.78. The van der Waals surface area contributed by atoms with Gasteiger partial charge >= 0.3 is 0 Å². The second-order valence-corrected chi connectivity index (χ2v) is 7.25. The van der Waals surface area contributed by atoms with Crippen LogP contribution in [0, 0.1) is 0 Å². The Morgan fingerprint density at radius 1 is 1.21 bits per heavy atom. The highest BCUT2D eigenvalue weighted by molar-refractivity contribution is 6.04. The second kappa shape index (κ2) is 8.84. The number of anilines is 1. The van der Waals surface area contributed by atoms with E-state index in [1.807, 2.05) is 4.90 Å². The average Bonchev–Trinajstić information content (AvgIpc) is 2.74. The van der Waals surface area contributed by atoms with Gasteiger partial charge in [-0.25, -0.2) is 0 Å². The van der Waals surface area contributed by atoms with Gasteiger partial charge in [0, 0.05) is 19.6 Å². The first-order valence-corrected chi connectivity index (χ1v) is 9.79. The average molecular weight is 416 g/mol. The van der Waals surface area contributed by atoms with Crippen LogP contribution in [-0.2, 0) is 11.2 Å². The molecule has 0 aromatic heterocycles. The number of amides is 2. The minimum Gasteiger partial charge on any atom is -0.478 e. The van der Waals surface area contributed by atoms with Gasteiger partial charge in [0.25, 0.3) is 11.8 Å². The number of para-hydroxylation sites is 1. The van der Waals surface area contributed by atoms with Gasteiger partial charge in [0.05, 0.1) is 17.3 Å². The SMILES string of the molecule is CCc1ccc(C2CNCCN2C(=O)c2cccc3c2OC(C)C(=O)N3)cc1.Cl. The van der Waals surface area contributed by atoms with Crippen molar-refractivity contribution in [1.82, 2.24) is 10.2 Å². The van der Waals surface area contributed by atoms with Crippen LogP contribution in [0.3, 0.4) is 0 Å². The summed E-state index contributed by atoms with van der Waals surface area (Å²) in [6, 6.07) is 13.7. The molecular formula is C22H26ClN3O3. The highest BCUT2D eigenvalue weighted by Gasteiger charge is 2.33. The minimum atomic E-state index is -0.623. The lowest BCUT2D eigenvalue weighted by molar-refractivity contribution is -0.122. The summed E-state index contributed by atoms with van der Waals surface area (Å²) in [7, 11) is 0. The van der Waals surface area contributed by atoms with Crippen LogP contribution >= 0.6 is 12.4 Å². The molecule has 6 nitrogen and oxygen atoms in total. The molecule has 0 spiro atoms. The maximum atomic E-state index is 13.5. The van der Waals surface area contributed by atoms with Gasteiger partial charge in [0.2, 0.25) is 0 Å². The fourth-order valence-electron chi connectivity index (χ4n) is 3.77. The van der Waals surface area contributed by atoms with Crippen molar-refractivity contribution in [1.29, 1.82) is 0 Å². The Morgan fingerprint density at radius 3 is 2.69 bits per heavy atom. The van der Waals surface area contributed by atoms with E-state index in [4.69, 9.17) is 4.74 Å². The molecule has 1 saturated heterocycles. The Labute approximate surface area is 177 Å². The van der Waals surface area contributed by atoms with Gasteiger partial charge < -0.3 is 20.3 Å². The van der Waals surface area contributed by atoms with Crippen LogP contribution in [0.25, 0.3) is 0 Å². The molecule has 2 unspecified atom stereocenters. The van der Waals surface area contributed by atoms with E-state index < -0.39 is 6.10 Å². The fourth-order valence-corrected chi connectivity index (χ4v) is 3.77. The lowest BCUT2D eigenvalue weighted by atomic mass is 9.99.